The van der Waals surface area contributed by atoms with Crippen LogP contribution in [0.5, 0.6) is 11.5 Å². The largest absolute Gasteiger partial charge is 0.457 e. The molecule has 18 heavy (non-hydrogen) atoms. The summed E-state index contributed by atoms with van der Waals surface area (Å²) < 4.78 is 5.62. The van der Waals surface area contributed by atoms with E-state index in [9.17, 15) is 0 Å². The number of benzene rings is 2. The molecule has 0 aliphatic rings. The molecule has 0 amide bonds. The Kier molecular flexibility index (Phi) is 3.27. The van der Waals surface area contributed by atoms with E-state index in [1.807, 2.05) is 37.3 Å². The van der Waals surface area contributed by atoms with E-state index in [0.717, 1.165) is 5.56 Å². The number of hydrogen-bond donors (Lipinski definition) is 0. The van der Waals surface area contributed by atoms with E-state index in [0.29, 0.717) is 22.7 Å². The van der Waals surface area contributed by atoms with Crippen molar-refractivity contribution in [1.29, 1.82) is 5.26 Å². The summed E-state index contributed by atoms with van der Waals surface area (Å²) in [6.07, 6.45) is 0. The van der Waals surface area contributed by atoms with Gasteiger partial charge in [0.15, 0.2) is 0 Å². The van der Waals surface area contributed by atoms with Gasteiger partial charge in [0, 0.05) is 0 Å². The summed E-state index contributed by atoms with van der Waals surface area (Å²) in [6.45, 7) is 8.94. The van der Waals surface area contributed by atoms with Crippen LogP contribution in [0.15, 0.2) is 42.5 Å². The van der Waals surface area contributed by atoms with Crippen LogP contribution < -0.4 is 4.74 Å². The van der Waals surface area contributed by atoms with Crippen molar-refractivity contribution in [2.45, 2.75) is 6.92 Å². The zero-order valence-corrected chi connectivity index (χ0v) is 9.84. The molecule has 0 radical (unpaired) electrons. The third-order valence-corrected chi connectivity index (χ3v) is 2.47. The summed E-state index contributed by atoms with van der Waals surface area (Å²) in [5.74, 6) is 1.27. The van der Waals surface area contributed by atoms with Gasteiger partial charge >= 0.3 is 0 Å². The van der Waals surface area contributed by atoms with Gasteiger partial charge in [-0.1, -0.05) is 23.8 Å². The van der Waals surface area contributed by atoms with Gasteiger partial charge in [0.2, 0.25) is 5.69 Å². The first-order valence-electron chi connectivity index (χ1n) is 5.39. The molecular formula is C15H10N2O. The van der Waals surface area contributed by atoms with E-state index in [2.05, 4.69) is 4.85 Å². The van der Waals surface area contributed by atoms with E-state index in [4.69, 9.17) is 16.6 Å². The number of rotatable bonds is 2. The molecule has 3 nitrogen and oxygen atoms in total. The third kappa shape index (κ3) is 2.48. The molecule has 3 heteroatoms. The van der Waals surface area contributed by atoms with E-state index < -0.39 is 0 Å². The third-order valence-electron chi connectivity index (χ3n) is 2.47. The number of nitriles is 1. The minimum Gasteiger partial charge on any atom is -0.457 e. The summed E-state index contributed by atoms with van der Waals surface area (Å²) in [6, 6.07) is 14.5. The Balaban J connectivity index is 2.28. The summed E-state index contributed by atoms with van der Waals surface area (Å²) in [4.78, 5) is 3.27. The predicted octanol–water partition coefficient (Wildman–Crippen LogP) is 4.21. The molecule has 0 atom stereocenters. The van der Waals surface area contributed by atoms with Crippen LogP contribution in [0.25, 0.3) is 4.85 Å². The molecule has 0 heterocycles. The lowest BCUT2D eigenvalue weighted by atomic mass is 10.2. The molecule has 0 saturated heterocycles. The van der Waals surface area contributed by atoms with Crippen molar-refractivity contribution in [1.82, 2.24) is 0 Å². The maximum atomic E-state index is 8.93. The zero-order valence-electron chi connectivity index (χ0n) is 9.84. The maximum Gasteiger partial charge on any atom is 0.204 e. The lowest BCUT2D eigenvalue weighted by Gasteiger charge is -2.06. The van der Waals surface area contributed by atoms with Crippen LogP contribution in [0, 0.1) is 24.8 Å². The van der Waals surface area contributed by atoms with Crippen LogP contribution >= 0.6 is 0 Å². The van der Waals surface area contributed by atoms with E-state index in [1.165, 1.54) is 0 Å². The van der Waals surface area contributed by atoms with Crippen LogP contribution in [0.4, 0.5) is 5.69 Å². The van der Waals surface area contributed by atoms with E-state index in [1.54, 1.807) is 18.2 Å². The molecule has 0 spiro atoms. The van der Waals surface area contributed by atoms with Crippen molar-refractivity contribution < 1.29 is 4.74 Å². The van der Waals surface area contributed by atoms with Crippen molar-refractivity contribution in [2.75, 3.05) is 0 Å². The van der Waals surface area contributed by atoms with Crippen molar-refractivity contribution in [3.05, 3.63) is 65.0 Å². The highest BCUT2D eigenvalue weighted by Gasteiger charge is 2.04. The minimum atomic E-state index is 0.328. The molecule has 86 valence electrons. The number of hydrogen-bond acceptors (Lipinski definition) is 2. The number of nitrogens with zero attached hydrogens (tertiary/aromatic N) is 2. The average Bonchev–Trinajstić information content (AvgIpc) is 2.41. The maximum absolute atomic E-state index is 8.93. The topological polar surface area (TPSA) is 37.4 Å². The van der Waals surface area contributed by atoms with Crippen LogP contribution in [-0.4, -0.2) is 0 Å². The predicted molar refractivity (Wildman–Crippen MR) is 68.7 cm³/mol. The second kappa shape index (κ2) is 5.03. The van der Waals surface area contributed by atoms with Gasteiger partial charge in [-0.2, -0.15) is 5.26 Å². The van der Waals surface area contributed by atoms with Gasteiger partial charge in [0.05, 0.1) is 18.2 Å². The SMILES string of the molecule is [C-]#[N+]c1ccc(Oc2ccc(C)cc2)cc1C#N. The first-order chi connectivity index (χ1) is 8.72. The molecule has 2 rings (SSSR count). The van der Waals surface area contributed by atoms with Crippen LogP contribution in [0.3, 0.4) is 0 Å². The van der Waals surface area contributed by atoms with Crippen molar-refractivity contribution in [3.63, 3.8) is 0 Å². The van der Waals surface area contributed by atoms with Gasteiger partial charge in [0.1, 0.15) is 11.5 Å². The molecule has 0 aliphatic carbocycles. The zero-order chi connectivity index (χ0) is 13.0. The smallest absolute Gasteiger partial charge is 0.204 e. The number of aryl methyl sites for hydroxylation is 1. The number of ether oxygens (including phenoxy) is 1. The fraction of sp³-hybridized carbons (Fsp3) is 0.0667. The Morgan fingerprint density at radius 3 is 2.39 bits per heavy atom. The summed E-state index contributed by atoms with van der Waals surface area (Å²) in [5, 5.41) is 8.93. The molecule has 0 N–H and O–H groups in total. The van der Waals surface area contributed by atoms with E-state index >= 15 is 0 Å². The Hall–Kier alpha value is -2.78. The van der Waals surface area contributed by atoms with Gasteiger partial charge in [-0.3, -0.25) is 0 Å². The van der Waals surface area contributed by atoms with Gasteiger partial charge < -0.3 is 4.74 Å². The molecular weight excluding hydrogens is 224 g/mol. The van der Waals surface area contributed by atoms with Crippen LogP contribution in [-0.2, 0) is 0 Å². The Morgan fingerprint density at radius 1 is 1.11 bits per heavy atom. The van der Waals surface area contributed by atoms with Crippen LogP contribution in [0.1, 0.15) is 11.1 Å². The van der Waals surface area contributed by atoms with Gasteiger partial charge in [-0.05, 0) is 31.2 Å². The molecule has 0 fully saturated rings. The van der Waals surface area contributed by atoms with Gasteiger partial charge in [0.25, 0.3) is 0 Å². The van der Waals surface area contributed by atoms with Gasteiger partial charge in [-0.25, -0.2) is 4.85 Å². The first kappa shape index (κ1) is 11.7. The summed E-state index contributed by atoms with van der Waals surface area (Å²) in [5.41, 5.74) is 1.83. The average molecular weight is 234 g/mol. The second-order valence-corrected chi connectivity index (χ2v) is 3.82. The quantitative estimate of drug-likeness (QED) is 0.730. The standard InChI is InChI=1S/C15H10N2O/c1-11-3-5-13(6-4-11)18-14-7-8-15(17-2)12(9-14)10-16/h3-9H,1H3. The highest BCUT2D eigenvalue weighted by Crippen LogP contribution is 2.27. The lowest BCUT2D eigenvalue weighted by Crippen LogP contribution is -1.85. The molecule has 2 aromatic rings. The molecule has 0 saturated carbocycles. The molecule has 0 unspecified atom stereocenters. The Labute approximate surface area is 106 Å². The molecule has 0 bridgehead atoms. The fourth-order valence-electron chi connectivity index (χ4n) is 1.51. The summed E-state index contributed by atoms with van der Waals surface area (Å²) >= 11 is 0. The normalized spacial score (nSPS) is 9.28. The second-order valence-electron chi connectivity index (χ2n) is 3.82. The van der Waals surface area contributed by atoms with Gasteiger partial charge in [-0.15, -0.1) is 0 Å². The Bertz CT molecular complexity index is 646. The van der Waals surface area contributed by atoms with E-state index in [-0.39, 0.29) is 0 Å². The molecule has 0 aromatic heterocycles. The highest BCUT2D eigenvalue weighted by molar-refractivity contribution is 5.60. The molecule has 0 aliphatic heterocycles. The van der Waals surface area contributed by atoms with Crippen molar-refractivity contribution in [2.24, 2.45) is 0 Å². The lowest BCUT2D eigenvalue weighted by molar-refractivity contribution is 0.482. The van der Waals surface area contributed by atoms with Crippen molar-refractivity contribution in [3.8, 4) is 17.6 Å². The van der Waals surface area contributed by atoms with Crippen molar-refractivity contribution >= 4 is 5.69 Å². The minimum absolute atomic E-state index is 0.328. The fourth-order valence-corrected chi connectivity index (χ4v) is 1.51. The monoisotopic (exact) mass is 234 g/mol. The Morgan fingerprint density at radius 2 is 1.78 bits per heavy atom. The summed E-state index contributed by atoms with van der Waals surface area (Å²) in [7, 11) is 0. The highest BCUT2D eigenvalue weighted by atomic mass is 16.5. The molecule has 2 aromatic carbocycles. The van der Waals surface area contributed by atoms with Crippen LogP contribution in [0.2, 0.25) is 0 Å². The first-order valence-corrected chi connectivity index (χ1v) is 5.39.